The highest BCUT2D eigenvalue weighted by molar-refractivity contribution is 7.80. The molecule has 162 valence electrons. The molecule has 2 N–H and O–H groups in total. The molecule has 0 amide bonds. The van der Waals surface area contributed by atoms with Crippen LogP contribution in [0.25, 0.3) is 0 Å². The van der Waals surface area contributed by atoms with Crippen LogP contribution in [0.3, 0.4) is 0 Å². The number of benzene rings is 2. The second-order valence-corrected chi connectivity index (χ2v) is 7.12. The Kier molecular flexibility index (Phi) is 9.20. The molecule has 0 radical (unpaired) electrons. The van der Waals surface area contributed by atoms with E-state index in [9.17, 15) is 4.79 Å². The summed E-state index contributed by atoms with van der Waals surface area (Å²) in [7, 11) is 0. The van der Waals surface area contributed by atoms with E-state index in [1.165, 1.54) is 0 Å². The molecule has 8 heteroatoms. The van der Waals surface area contributed by atoms with Crippen LogP contribution < -0.4 is 20.1 Å². The summed E-state index contributed by atoms with van der Waals surface area (Å²) in [5.74, 6) is 0.932. The Balaban J connectivity index is 2.08. The van der Waals surface area contributed by atoms with Gasteiger partial charge >= 0.3 is 5.97 Å². The molecule has 0 fully saturated rings. The van der Waals surface area contributed by atoms with E-state index < -0.39 is 5.97 Å². The number of hydrogen-bond donors (Lipinski definition) is 2. The first-order valence-corrected chi connectivity index (χ1v) is 10.6. The molecule has 0 aliphatic heterocycles. The van der Waals surface area contributed by atoms with Gasteiger partial charge in [-0.05, 0) is 75.8 Å². The summed E-state index contributed by atoms with van der Waals surface area (Å²) in [6, 6.07) is 10.7. The molecule has 0 bridgehead atoms. The van der Waals surface area contributed by atoms with Crippen molar-refractivity contribution in [2.75, 3.05) is 25.1 Å². The molecule has 2 aromatic rings. The zero-order valence-corrected chi connectivity index (χ0v) is 19.2. The van der Waals surface area contributed by atoms with Crippen LogP contribution in [0.15, 0.2) is 36.4 Å². The van der Waals surface area contributed by atoms with E-state index in [0.29, 0.717) is 40.5 Å². The molecule has 0 spiro atoms. The molecule has 30 heavy (non-hydrogen) atoms. The third-order valence-electron chi connectivity index (χ3n) is 4.13. The van der Waals surface area contributed by atoms with Crippen molar-refractivity contribution in [2.45, 2.75) is 33.7 Å². The number of halogens is 1. The van der Waals surface area contributed by atoms with E-state index in [1.54, 1.807) is 25.1 Å². The topological polar surface area (TPSA) is 68.8 Å². The Labute approximate surface area is 187 Å². The Morgan fingerprint density at radius 3 is 2.40 bits per heavy atom. The molecule has 6 nitrogen and oxygen atoms in total. The fourth-order valence-electron chi connectivity index (χ4n) is 2.75. The van der Waals surface area contributed by atoms with Gasteiger partial charge in [0.2, 0.25) is 0 Å². The van der Waals surface area contributed by atoms with Gasteiger partial charge in [-0.25, -0.2) is 4.79 Å². The number of nitrogens with one attached hydrogen (secondary N) is 2. The normalized spacial score (nSPS) is 11.4. The first-order valence-electron chi connectivity index (χ1n) is 9.83. The van der Waals surface area contributed by atoms with Crippen molar-refractivity contribution in [2.24, 2.45) is 0 Å². The van der Waals surface area contributed by atoms with Crippen LogP contribution >= 0.6 is 23.8 Å². The summed E-state index contributed by atoms with van der Waals surface area (Å²) in [6.45, 7) is 8.98. The van der Waals surface area contributed by atoms with E-state index in [1.807, 2.05) is 39.0 Å². The van der Waals surface area contributed by atoms with Crippen LogP contribution in [-0.2, 0) is 4.74 Å². The fourth-order valence-corrected chi connectivity index (χ4v) is 3.24. The summed E-state index contributed by atoms with van der Waals surface area (Å²) in [6.07, 6.45) is 0. The average molecular weight is 451 g/mol. The second kappa shape index (κ2) is 11.6. The van der Waals surface area contributed by atoms with Gasteiger partial charge < -0.3 is 24.8 Å². The Morgan fingerprint density at radius 2 is 1.73 bits per heavy atom. The number of ether oxygens (including phenoxy) is 3. The molecule has 0 aromatic heterocycles. The van der Waals surface area contributed by atoms with Gasteiger partial charge in [0.1, 0.15) is 0 Å². The summed E-state index contributed by atoms with van der Waals surface area (Å²) >= 11 is 11.5. The van der Waals surface area contributed by atoms with Crippen molar-refractivity contribution in [1.29, 1.82) is 0 Å². The van der Waals surface area contributed by atoms with Crippen molar-refractivity contribution in [3.8, 4) is 11.5 Å². The van der Waals surface area contributed by atoms with Crippen molar-refractivity contribution in [1.82, 2.24) is 5.32 Å². The number of rotatable bonds is 9. The third-order valence-corrected chi connectivity index (χ3v) is 4.68. The zero-order valence-electron chi connectivity index (χ0n) is 17.6. The summed E-state index contributed by atoms with van der Waals surface area (Å²) in [5.41, 5.74) is 1.91. The third kappa shape index (κ3) is 6.50. The first kappa shape index (κ1) is 23.8. The Morgan fingerprint density at radius 1 is 1.03 bits per heavy atom. The number of thiocarbonyl (C=S) groups is 1. The average Bonchev–Trinajstić information content (AvgIpc) is 2.71. The Hall–Kier alpha value is -2.51. The molecule has 1 atom stereocenters. The zero-order chi connectivity index (χ0) is 22.1. The van der Waals surface area contributed by atoms with Crippen molar-refractivity contribution in [3.63, 3.8) is 0 Å². The van der Waals surface area contributed by atoms with Crippen molar-refractivity contribution < 1.29 is 19.0 Å². The highest BCUT2D eigenvalue weighted by atomic mass is 35.5. The van der Waals surface area contributed by atoms with Gasteiger partial charge in [-0.1, -0.05) is 17.7 Å². The minimum absolute atomic E-state index is 0.0864. The van der Waals surface area contributed by atoms with Crippen molar-refractivity contribution in [3.05, 3.63) is 52.5 Å². The van der Waals surface area contributed by atoms with Crippen LogP contribution in [0.4, 0.5) is 5.69 Å². The lowest BCUT2D eigenvalue weighted by Gasteiger charge is -2.19. The number of anilines is 1. The minimum Gasteiger partial charge on any atom is -0.490 e. The summed E-state index contributed by atoms with van der Waals surface area (Å²) < 4.78 is 16.3. The molecule has 1 unspecified atom stereocenters. The highest BCUT2D eigenvalue weighted by Gasteiger charge is 2.15. The van der Waals surface area contributed by atoms with Crippen LogP contribution in [-0.4, -0.2) is 30.9 Å². The lowest BCUT2D eigenvalue weighted by atomic mass is 10.1. The molecule has 0 saturated heterocycles. The van der Waals surface area contributed by atoms with E-state index in [-0.39, 0.29) is 18.2 Å². The molecule has 0 saturated carbocycles. The van der Waals surface area contributed by atoms with Gasteiger partial charge in [-0.3, -0.25) is 0 Å². The molecule has 2 aromatic carbocycles. The van der Waals surface area contributed by atoms with E-state index >= 15 is 0 Å². The van der Waals surface area contributed by atoms with Gasteiger partial charge in [-0.2, -0.15) is 0 Å². The van der Waals surface area contributed by atoms with Gasteiger partial charge in [0.15, 0.2) is 16.6 Å². The van der Waals surface area contributed by atoms with Gasteiger partial charge in [0.05, 0.1) is 36.4 Å². The monoisotopic (exact) mass is 450 g/mol. The lowest BCUT2D eigenvalue weighted by molar-refractivity contribution is 0.0526. The second-order valence-electron chi connectivity index (χ2n) is 6.31. The summed E-state index contributed by atoms with van der Waals surface area (Å²) in [5, 5.41) is 7.04. The molecule has 0 aliphatic rings. The maximum atomic E-state index is 12.0. The van der Waals surface area contributed by atoms with Gasteiger partial charge in [0.25, 0.3) is 0 Å². The smallest absolute Gasteiger partial charge is 0.339 e. The molecular formula is C22H27ClN2O4S. The number of carbonyl (C=O) groups is 1. The van der Waals surface area contributed by atoms with E-state index in [4.69, 9.17) is 38.0 Å². The van der Waals surface area contributed by atoms with Crippen LogP contribution in [0.5, 0.6) is 11.5 Å². The molecular weight excluding hydrogens is 424 g/mol. The van der Waals surface area contributed by atoms with Crippen LogP contribution in [0, 0.1) is 0 Å². The number of hydrogen-bond acceptors (Lipinski definition) is 5. The molecule has 0 heterocycles. The lowest BCUT2D eigenvalue weighted by Crippen LogP contribution is -2.31. The molecule has 0 aliphatic carbocycles. The predicted molar refractivity (Wildman–Crippen MR) is 124 cm³/mol. The van der Waals surface area contributed by atoms with E-state index in [0.717, 1.165) is 5.56 Å². The fraction of sp³-hybridized carbons (Fsp3) is 0.364. The standard InChI is InChI=1S/C22H27ClN2O4S/c1-5-27-19-11-8-15(12-20(19)28-6-2)14(4)24-22(30)25-16-9-10-18(23)17(13-16)21(26)29-7-3/h8-14H,5-7H2,1-4H3,(H2,24,25,30). The maximum Gasteiger partial charge on any atom is 0.339 e. The number of esters is 1. The first-order chi connectivity index (χ1) is 14.4. The summed E-state index contributed by atoms with van der Waals surface area (Å²) in [4.78, 5) is 12.0. The number of carbonyl (C=O) groups excluding carboxylic acids is 1. The van der Waals surface area contributed by atoms with Gasteiger partial charge in [0, 0.05) is 5.69 Å². The maximum absolute atomic E-state index is 12.0. The largest absolute Gasteiger partial charge is 0.490 e. The van der Waals surface area contributed by atoms with Crippen molar-refractivity contribution >= 4 is 40.6 Å². The quantitative estimate of drug-likeness (QED) is 0.393. The Bertz CT molecular complexity index is 891. The highest BCUT2D eigenvalue weighted by Crippen LogP contribution is 2.31. The van der Waals surface area contributed by atoms with Gasteiger partial charge in [-0.15, -0.1) is 0 Å². The predicted octanol–water partition coefficient (Wildman–Crippen LogP) is 5.36. The molecule has 2 rings (SSSR count). The SMILES string of the molecule is CCOC(=O)c1cc(NC(=S)NC(C)c2ccc(OCC)c(OCC)c2)ccc1Cl. The van der Waals surface area contributed by atoms with Crippen LogP contribution in [0.1, 0.15) is 49.7 Å². The van der Waals surface area contributed by atoms with Crippen LogP contribution in [0.2, 0.25) is 5.02 Å². The van der Waals surface area contributed by atoms with E-state index in [2.05, 4.69) is 10.6 Å². The minimum atomic E-state index is -0.476.